The molecule has 3 N–H and O–H groups in total. The number of aliphatic hydroxyl groups excluding tert-OH is 1. The average Bonchev–Trinajstić information content (AvgIpc) is 2.36. The Morgan fingerprint density at radius 2 is 2.00 bits per heavy atom. The summed E-state index contributed by atoms with van der Waals surface area (Å²) in [6.45, 7) is 3.70. The minimum Gasteiger partial charge on any atom is -0.392 e. The van der Waals surface area contributed by atoms with Crippen LogP contribution in [0, 0.1) is 5.92 Å². The number of aliphatic hydroxyl groups is 1. The molecule has 118 valence electrons. The number of hydrogen-bond donors (Lipinski definition) is 3. The molecule has 0 aliphatic carbocycles. The first-order valence-corrected chi connectivity index (χ1v) is 8.58. The first-order chi connectivity index (χ1) is 9.71. The molecule has 1 rings (SSSR count). The number of rotatable bonds is 7. The molecule has 0 fully saturated rings. The van der Waals surface area contributed by atoms with Crippen molar-refractivity contribution in [3.05, 3.63) is 29.8 Å². The molecule has 0 saturated carbocycles. The minimum absolute atomic E-state index is 0.124. The van der Waals surface area contributed by atoms with Gasteiger partial charge in [0.25, 0.3) is 0 Å². The summed E-state index contributed by atoms with van der Waals surface area (Å²) in [6.07, 6.45) is 1.43. The van der Waals surface area contributed by atoms with Crippen LogP contribution in [0.15, 0.2) is 24.3 Å². The highest BCUT2D eigenvalue weighted by Gasteiger charge is 2.23. The zero-order valence-electron chi connectivity index (χ0n) is 12.5. The molecule has 0 aliphatic heterocycles. The van der Waals surface area contributed by atoms with Gasteiger partial charge < -0.3 is 10.4 Å². The van der Waals surface area contributed by atoms with Crippen molar-refractivity contribution in [2.75, 3.05) is 11.6 Å². The van der Waals surface area contributed by atoms with E-state index in [2.05, 4.69) is 10.0 Å². The number of nitrogens with one attached hydrogen (secondary N) is 2. The molecule has 0 spiro atoms. The molecular weight excluding hydrogens is 292 g/mol. The van der Waals surface area contributed by atoms with Crippen molar-refractivity contribution in [3.63, 3.8) is 0 Å². The molecule has 0 heterocycles. The van der Waals surface area contributed by atoms with Crippen molar-refractivity contribution in [2.24, 2.45) is 5.92 Å². The van der Waals surface area contributed by atoms with Crippen LogP contribution in [-0.2, 0) is 21.4 Å². The maximum atomic E-state index is 12.2. The van der Waals surface area contributed by atoms with E-state index < -0.39 is 22.0 Å². The number of anilines is 1. The number of carbonyl (C=O) groups excluding carboxylic acids is 1. The van der Waals surface area contributed by atoms with Gasteiger partial charge in [-0.15, -0.1) is 0 Å². The van der Waals surface area contributed by atoms with Crippen LogP contribution in [0.1, 0.15) is 25.8 Å². The highest BCUT2D eigenvalue weighted by Crippen LogP contribution is 2.13. The van der Waals surface area contributed by atoms with Crippen molar-refractivity contribution in [1.29, 1.82) is 0 Å². The molecule has 7 heteroatoms. The third-order valence-corrected chi connectivity index (χ3v) is 3.47. The Labute approximate surface area is 125 Å². The van der Waals surface area contributed by atoms with Gasteiger partial charge >= 0.3 is 0 Å². The molecule has 1 atom stereocenters. The second-order valence-corrected chi connectivity index (χ2v) is 7.20. The summed E-state index contributed by atoms with van der Waals surface area (Å²) in [4.78, 5) is 12.2. The largest absolute Gasteiger partial charge is 0.392 e. The minimum atomic E-state index is -3.47. The average molecular weight is 314 g/mol. The lowest BCUT2D eigenvalue weighted by Gasteiger charge is -2.19. The molecule has 1 amide bonds. The highest BCUT2D eigenvalue weighted by molar-refractivity contribution is 7.88. The second kappa shape index (κ2) is 7.53. The van der Waals surface area contributed by atoms with Crippen molar-refractivity contribution >= 4 is 21.6 Å². The van der Waals surface area contributed by atoms with E-state index in [-0.39, 0.29) is 12.5 Å². The zero-order chi connectivity index (χ0) is 16.0. The standard InChI is InChI=1S/C14H22N2O4S/c1-10(2)7-13(16-21(3,19)20)14(18)15-12-6-4-5-11(8-12)9-17/h4-6,8,10,13,16-17H,7,9H2,1-3H3,(H,15,18). The van der Waals surface area contributed by atoms with Gasteiger partial charge in [0.2, 0.25) is 15.9 Å². The van der Waals surface area contributed by atoms with Gasteiger partial charge in [-0.05, 0) is 30.0 Å². The number of amides is 1. The fourth-order valence-corrected chi connectivity index (χ4v) is 2.64. The van der Waals surface area contributed by atoms with Gasteiger partial charge in [0.15, 0.2) is 0 Å². The van der Waals surface area contributed by atoms with Gasteiger partial charge in [0.05, 0.1) is 12.9 Å². The predicted octanol–water partition coefficient (Wildman–Crippen LogP) is 1.08. The lowest BCUT2D eigenvalue weighted by Crippen LogP contribution is -2.44. The lowest BCUT2D eigenvalue weighted by atomic mass is 10.0. The van der Waals surface area contributed by atoms with Crippen LogP contribution in [0.5, 0.6) is 0 Å². The number of carbonyl (C=O) groups is 1. The van der Waals surface area contributed by atoms with Crippen molar-refractivity contribution in [2.45, 2.75) is 32.9 Å². The summed E-state index contributed by atoms with van der Waals surface area (Å²) in [6, 6.07) is 5.95. The summed E-state index contributed by atoms with van der Waals surface area (Å²) in [5.74, 6) is -0.247. The number of hydrogen-bond acceptors (Lipinski definition) is 4. The Balaban J connectivity index is 2.84. The Kier molecular flexibility index (Phi) is 6.32. The number of sulfonamides is 1. The Morgan fingerprint density at radius 1 is 1.33 bits per heavy atom. The van der Waals surface area contributed by atoms with Gasteiger partial charge in [-0.3, -0.25) is 4.79 Å². The first-order valence-electron chi connectivity index (χ1n) is 6.69. The van der Waals surface area contributed by atoms with Gasteiger partial charge in [0.1, 0.15) is 6.04 Å². The zero-order valence-corrected chi connectivity index (χ0v) is 13.3. The normalized spacial score (nSPS) is 13.2. The summed E-state index contributed by atoms with van der Waals surface area (Å²) < 4.78 is 25.1. The maximum absolute atomic E-state index is 12.2. The van der Waals surface area contributed by atoms with Crippen molar-refractivity contribution in [3.8, 4) is 0 Å². The van der Waals surface area contributed by atoms with Gasteiger partial charge in [-0.1, -0.05) is 26.0 Å². The third-order valence-electron chi connectivity index (χ3n) is 2.76. The topological polar surface area (TPSA) is 95.5 Å². The first kappa shape index (κ1) is 17.6. The van der Waals surface area contributed by atoms with E-state index >= 15 is 0 Å². The molecule has 1 aromatic carbocycles. The molecule has 0 aliphatic rings. The maximum Gasteiger partial charge on any atom is 0.242 e. The van der Waals surface area contributed by atoms with E-state index in [0.29, 0.717) is 17.7 Å². The molecule has 0 aromatic heterocycles. The van der Waals surface area contributed by atoms with Gasteiger partial charge in [-0.2, -0.15) is 0 Å². The summed E-state index contributed by atoms with van der Waals surface area (Å²) >= 11 is 0. The smallest absolute Gasteiger partial charge is 0.242 e. The van der Waals surface area contributed by atoms with Crippen LogP contribution < -0.4 is 10.0 Å². The molecule has 6 nitrogen and oxygen atoms in total. The van der Waals surface area contributed by atoms with Crippen molar-refractivity contribution in [1.82, 2.24) is 4.72 Å². The molecule has 0 radical (unpaired) electrons. The van der Waals surface area contributed by atoms with Crippen LogP contribution >= 0.6 is 0 Å². The fraction of sp³-hybridized carbons (Fsp3) is 0.500. The summed E-state index contributed by atoms with van der Waals surface area (Å²) in [7, 11) is -3.47. The number of benzene rings is 1. The van der Waals surface area contributed by atoms with Crippen LogP contribution in [0.4, 0.5) is 5.69 Å². The molecule has 1 unspecified atom stereocenters. The predicted molar refractivity (Wildman–Crippen MR) is 82.2 cm³/mol. The van der Waals surface area contributed by atoms with Crippen LogP contribution in [0.3, 0.4) is 0 Å². The second-order valence-electron chi connectivity index (χ2n) is 5.42. The van der Waals surface area contributed by atoms with Crippen LogP contribution in [0.2, 0.25) is 0 Å². The van der Waals surface area contributed by atoms with E-state index in [1.165, 1.54) is 0 Å². The van der Waals surface area contributed by atoms with Crippen LogP contribution in [0.25, 0.3) is 0 Å². The van der Waals surface area contributed by atoms with Crippen molar-refractivity contribution < 1.29 is 18.3 Å². The molecule has 0 bridgehead atoms. The Hall–Kier alpha value is -1.44. The lowest BCUT2D eigenvalue weighted by molar-refractivity contribution is -0.118. The van der Waals surface area contributed by atoms with Gasteiger partial charge in [0, 0.05) is 5.69 Å². The fourth-order valence-electron chi connectivity index (χ4n) is 1.92. The van der Waals surface area contributed by atoms with E-state index in [1.54, 1.807) is 24.3 Å². The molecule has 0 saturated heterocycles. The third kappa shape index (κ3) is 6.70. The molecule has 1 aromatic rings. The van der Waals surface area contributed by atoms with Crippen LogP contribution in [-0.4, -0.2) is 31.7 Å². The Bertz CT molecular complexity index is 584. The van der Waals surface area contributed by atoms with E-state index in [4.69, 9.17) is 5.11 Å². The Morgan fingerprint density at radius 3 is 2.52 bits per heavy atom. The van der Waals surface area contributed by atoms with E-state index in [0.717, 1.165) is 6.26 Å². The SMILES string of the molecule is CC(C)CC(NS(C)(=O)=O)C(=O)Nc1cccc(CO)c1. The summed E-state index contributed by atoms with van der Waals surface area (Å²) in [5.41, 5.74) is 1.19. The van der Waals surface area contributed by atoms with E-state index in [1.807, 2.05) is 13.8 Å². The van der Waals surface area contributed by atoms with E-state index in [9.17, 15) is 13.2 Å². The highest BCUT2D eigenvalue weighted by atomic mass is 32.2. The quantitative estimate of drug-likeness (QED) is 0.702. The molecule has 21 heavy (non-hydrogen) atoms. The summed E-state index contributed by atoms with van der Waals surface area (Å²) in [5, 5.41) is 11.7. The monoisotopic (exact) mass is 314 g/mol. The van der Waals surface area contributed by atoms with Gasteiger partial charge in [-0.25, -0.2) is 13.1 Å². The molecular formula is C14H22N2O4S.